The fourth-order valence-corrected chi connectivity index (χ4v) is 2.64. The Balaban J connectivity index is 5.30. The van der Waals surface area contributed by atoms with Crippen LogP contribution in [0.25, 0.3) is 0 Å². The van der Waals surface area contributed by atoms with Gasteiger partial charge in [-0.1, -0.05) is 0 Å². The maximum atomic E-state index is 13.5. The summed E-state index contributed by atoms with van der Waals surface area (Å²) in [5.41, 5.74) is 0. The molecule has 0 heterocycles. The Bertz CT molecular complexity index is 927. The van der Waals surface area contributed by atoms with Crippen molar-refractivity contribution in [2.75, 3.05) is 26.4 Å². The fraction of sp³-hybridized carbons (Fsp3) is 1.00. The summed E-state index contributed by atoms with van der Waals surface area (Å²) < 4.78 is 344. The van der Waals surface area contributed by atoms with Crippen molar-refractivity contribution in [1.82, 2.24) is 0 Å². The summed E-state index contributed by atoms with van der Waals surface area (Å²) in [4.78, 5) is 0. The first-order chi connectivity index (χ1) is 19.7. The quantitative estimate of drug-likeness (QED) is 0.109. The molecule has 0 aliphatic heterocycles. The molecule has 0 bridgehead atoms. The molecule has 0 radical (unpaired) electrons. The Morgan fingerprint density at radius 1 is 0.239 bits per heavy atom. The van der Waals surface area contributed by atoms with Gasteiger partial charge in [-0.05, 0) is 0 Å². The first kappa shape index (κ1) is 44.1. The van der Waals surface area contributed by atoms with E-state index in [2.05, 4.69) is 9.47 Å². The number of halogens is 26. The minimum absolute atomic E-state index is 1.45. The van der Waals surface area contributed by atoms with Crippen LogP contribution in [-0.2, 0) is 9.47 Å². The summed E-state index contributed by atoms with van der Waals surface area (Å²) in [6.45, 7) is -7.03. The number of alkyl halides is 26. The lowest BCUT2D eigenvalue weighted by atomic mass is 9.93. The first-order valence-electron chi connectivity index (χ1n) is 10.8. The SMILES string of the molecule is FC(F)(F)C(F)(F)C(F)(F)C(F)(F)C(F)(F)C(F)(F)CCOCCOCCC(F)(F)C(F)(F)C(F)(F)C(F)(F)C(F)(F)C(F)(F)F. The standard InChI is InChI=1S/C18H12F26O2/c19-7(20,9(23,24)11(27,28)13(31,32)15(35,36)17(39,40)41)1-3-45-5-6-46-4-2-8(21,22)10(25,26)12(29,30)14(33,34)16(37,38)18(42,43)44/h1-6H2. The van der Waals surface area contributed by atoms with Gasteiger partial charge in [0.15, 0.2) is 0 Å². The molecular formula is C18H12F26O2. The van der Waals surface area contributed by atoms with Crippen LogP contribution in [0.3, 0.4) is 0 Å². The number of hydrogen-bond acceptors (Lipinski definition) is 2. The molecule has 0 aromatic carbocycles. The Morgan fingerprint density at radius 3 is 0.630 bits per heavy atom. The highest BCUT2D eigenvalue weighted by Crippen LogP contribution is 2.62. The Morgan fingerprint density at radius 2 is 0.435 bits per heavy atom. The predicted octanol–water partition coefficient (Wildman–Crippen LogP) is 9.28. The molecule has 0 aromatic heterocycles. The van der Waals surface area contributed by atoms with Crippen molar-refractivity contribution in [2.45, 2.75) is 84.4 Å². The van der Waals surface area contributed by atoms with Gasteiger partial charge >= 0.3 is 71.6 Å². The molecule has 0 saturated carbocycles. The van der Waals surface area contributed by atoms with Gasteiger partial charge in [0.05, 0.1) is 26.4 Å². The van der Waals surface area contributed by atoms with Crippen LogP contribution in [0.1, 0.15) is 12.8 Å². The lowest BCUT2D eigenvalue weighted by Gasteiger charge is -2.39. The molecule has 2 nitrogen and oxygen atoms in total. The van der Waals surface area contributed by atoms with E-state index in [0.717, 1.165) is 0 Å². The van der Waals surface area contributed by atoms with Crippen LogP contribution in [0, 0.1) is 0 Å². The van der Waals surface area contributed by atoms with Crippen molar-refractivity contribution in [3.05, 3.63) is 0 Å². The summed E-state index contributed by atoms with van der Waals surface area (Å²) in [6.07, 6.45) is -21.1. The van der Waals surface area contributed by atoms with E-state index in [9.17, 15) is 114 Å². The van der Waals surface area contributed by atoms with E-state index in [1.165, 1.54) is 0 Å². The normalized spacial score (nSPS) is 16.3. The lowest BCUT2D eigenvalue weighted by molar-refractivity contribution is -0.440. The molecule has 0 saturated heterocycles. The van der Waals surface area contributed by atoms with Gasteiger partial charge in [-0.3, -0.25) is 0 Å². The van der Waals surface area contributed by atoms with Gasteiger partial charge in [0.25, 0.3) is 0 Å². The van der Waals surface area contributed by atoms with Crippen LogP contribution < -0.4 is 0 Å². The summed E-state index contributed by atoms with van der Waals surface area (Å²) in [6, 6.07) is 0. The van der Waals surface area contributed by atoms with E-state index in [4.69, 9.17) is 0 Å². The number of ether oxygens (including phenoxy) is 2. The molecule has 0 N–H and O–H groups in total. The maximum absolute atomic E-state index is 13.5. The van der Waals surface area contributed by atoms with E-state index < -0.39 is 111 Å². The van der Waals surface area contributed by atoms with Gasteiger partial charge in [0.1, 0.15) is 0 Å². The smallest absolute Gasteiger partial charge is 0.379 e. The summed E-state index contributed by atoms with van der Waals surface area (Å²) >= 11 is 0. The zero-order valence-corrected chi connectivity index (χ0v) is 20.9. The zero-order valence-electron chi connectivity index (χ0n) is 20.9. The second kappa shape index (κ2) is 12.5. The summed E-state index contributed by atoms with van der Waals surface area (Å²) in [5, 5.41) is 0. The monoisotopic (exact) mass is 754 g/mol. The highest BCUT2D eigenvalue weighted by molar-refractivity contribution is 5.11. The predicted molar refractivity (Wildman–Crippen MR) is 92.5 cm³/mol. The average Bonchev–Trinajstić information content (AvgIpc) is 2.83. The molecule has 0 atom stereocenters. The second-order valence-corrected chi connectivity index (χ2v) is 8.72. The lowest BCUT2D eigenvalue weighted by Crippen LogP contribution is -2.70. The molecule has 0 rings (SSSR count). The van der Waals surface area contributed by atoms with Crippen molar-refractivity contribution in [1.29, 1.82) is 0 Å². The Labute approximate surface area is 235 Å². The van der Waals surface area contributed by atoms with E-state index in [1.807, 2.05) is 0 Å². The maximum Gasteiger partial charge on any atom is 0.460 e. The van der Waals surface area contributed by atoms with Gasteiger partial charge in [0, 0.05) is 12.8 Å². The minimum Gasteiger partial charge on any atom is -0.379 e. The van der Waals surface area contributed by atoms with Crippen LogP contribution >= 0.6 is 0 Å². The molecule has 0 aliphatic rings. The van der Waals surface area contributed by atoms with Gasteiger partial charge in [-0.2, -0.15) is 114 Å². The molecule has 278 valence electrons. The summed E-state index contributed by atoms with van der Waals surface area (Å²) in [5.74, 6) is -77.2. The van der Waals surface area contributed by atoms with Crippen molar-refractivity contribution < 1.29 is 124 Å². The van der Waals surface area contributed by atoms with Crippen molar-refractivity contribution in [3.8, 4) is 0 Å². The van der Waals surface area contributed by atoms with Crippen molar-refractivity contribution in [2.24, 2.45) is 0 Å². The highest BCUT2D eigenvalue weighted by atomic mass is 19.4. The second-order valence-electron chi connectivity index (χ2n) is 8.72. The number of hydrogen-bond donors (Lipinski definition) is 0. The van der Waals surface area contributed by atoms with Crippen LogP contribution in [-0.4, -0.2) is 98.0 Å². The largest absolute Gasteiger partial charge is 0.460 e. The van der Waals surface area contributed by atoms with Crippen LogP contribution in [0.5, 0.6) is 0 Å². The van der Waals surface area contributed by atoms with Gasteiger partial charge in [0.2, 0.25) is 0 Å². The average molecular weight is 754 g/mol. The van der Waals surface area contributed by atoms with E-state index in [1.54, 1.807) is 0 Å². The molecule has 28 heteroatoms. The first-order valence-corrected chi connectivity index (χ1v) is 10.8. The van der Waals surface area contributed by atoms with E-state index in [-0.39, 0.29) is 0 Å². The fourth-order valence-electron chi connectivity index (χ4n) is 2.64. The van der Waals surface area contributed by atoms with Crippen LogP contribution in [0.2, 0.25) is 0 Å². The highest BCUT2D eigenvalue weighted by Gasteiger charge is 2.92. The molecule has 0 spiro atoms. The minimum atomic E-state index is -8.20. The van der Waals surface area contributed by atoms with Crippen molar-refractivity contribution in [3.63, 3.8) is 0 Å². The van der Waals surface area contributed by atoms with E-state index >= 15 is 0 Å². The number of rotatable bonds is 17. The van der Waals surface area contributed by atoms with E-state index in [0.29, 0.717) is 0 Å². The van der Waals surface area contributed by atoms with Crippen LogP contribution in [0.15, 0.2) is 0 Å². The molecule has 0 aliphatic carbocycles. The topological polar surface area (TPSA) is 18.5 Å². The van der Waals surface area contributed by atoms with Crippen molar-refractivity contribution >= 4 is 0 Å². The molecular weight excluding hydrogens is 742 g/mol. The molecule has 0 fully saturated rings. The summed E-state index contributed by atoms with van der Waals surface area (Å²) in [7, 11) is 0. The third-order valence-corrected chi connectivity index (χ3v) is 5.49. The molecule has 0 amide bonds. The molecule has 0 aromatic rings. The molecule has 0 unspecified atom stereocenters. The zero-order chi connectivity index (χ0) is 37.7. The van der Waals surface area contributed by atoms with Crippen LogP contribution in [0.4, 0.5) is 114 Å². The third kappa shape index (κ3) is 6.96. The Kier molecular flexibility index (Phi) is 12.0. The third-order valence-electron chi connectivity index (χ3n) is 5.49. The Hall–Kier alpha value is -1.90. The molecule has 46 heavy (non-hydrogen) atoms. The van der Waals surface area contributed by atoms with Gasteiger partial charge in [-0.25, -0.2) is 0 Å². The van der Waals surface area contributed by atoms with Gasteiger partial charge in [-0.15, -0.1) is 0 Å². The van der Waals surface area contributed by atoms with Gasteiger partial charge < -0.3 is 9.47 Å².